The van der Waals surface area contributed by atoms with Gasteiger partial charge in [-0.25, -0.2) is 4.39 Å². The van der Waals surface area contributed by atoms with Crippen molar-refractivity contribution in [1.29, 1.82) is 0 Å². The number of fused-ring (bicyclic) bond motifs is 1. The van der Waals surface area contributed by atoms with Crippen LogP contribution in [0.1, 0.15) is 49.3 Å². The maximum Gasteiger partial charge on any atom is 0.303 e. The number of nitrogens with zero attached hydrogens (tertiary/aromatic N) is 1. The van der Waals surface area contributed by atoms with Crippen LogP contribution < -0.4 is 0 Å². The molecule has 0 aliphatic heterocycles. The summed E-state index contributed by atoms with van der Waals surface area (Å²) in [4.78, 5) is 25.0. The van der Waals surface area contributed by atoms with Crippen LogP contribution in [-0.4, -0.2) is 16.3 Å². The van der Waals surface area contributed by atoms with Gasteiger partial charge in [-0.15, -0.1) is 0 Å². The lowest BCUT2D eigenvalue weighted by atomic mass is 9.73. The predicted octanol–water partition coefficient (Wildman–Crippen LogP) is 6.26. The first-order chi connectivity index (χ1) is 14.2. The van der Waals surface area contributed by atoms with Gasteiger partial charge >= 0.3 is 5.97 Å². The van der Waals surface area contributed by atoms with Crippen molar-refractivity contribution in [3.8, 4) is 16.9 Å². The Bertz CT molecular complexity index is 1130. The molecule has 1 aliphatic carbocycles. The molecule has 1 aromatic heterocycles. The van der Waals surface area contributed by atoms with Gasteiger partial charge in [-0.3, -0.25) is 9.59 Å². The quantitative estimate of drug-likeness (QED) is 0.425. The molecule has 3 aromatic rings. The van der Waals surface area contributed by atoms with Crippen LogP contribution in [-0.2, 0) is 9.53 Å². The highest BCUT2D eigenvalue weighted by Gasteiger charge is 2.45. The third-order valence-corrected chi connectivity index (χ3v) is 5.95. The topological polar surface area (TPSA) is 48.3 Å². The van der Waals surface area contributed by atoms with Crippen molar-refractivity contribution in [3.63, 3.8) is 0 Å². The van der Waals surface area contributed by atoms with E-state index < -0.39 is 17.5 Å². The van der Waals surface area contributed by atoms with E-state index in [-0.39, 0.29) is 18.0 Å². The molecule has 0 saturated carbocycles. The Balaban J connectivity index is 2.04. The fourth-order valence-corrected chi connectivity index (χ4v) is 4.33. The molecule has 1 atom stereocenters. The van der Waals surface area contributed by atoms with Crippen molar-refractivity contribution in [2.24, 2.45) is 5.41 Å². The van der Waals surface area contributed by atoms with Crippen molar-refractivity contribution in [1.82, 2.24) is 4.57 Å². The van der Waals surface area contributed by atoms with Crippen LogP contribution in [0.25, 0.3) is 16.9 Å². The van der Waals surface area contributed by atoms with E-state index in [1.807, 2.05) is 48.7 Å². The summed E-state index contributed by atoms with van der Waals surface area (Å²) in [6.45, 7) is 5.23. The summed E-state index contributed by atoms with van der Waals surface area (Å²) in [6.07, 6.45) is -0.328. The second-order valence-electron chi connectivity index (χ2n) is 8.23. The highest BCUT2D eigenvalue weighted by molar-refractivity contribution is 9.10. The lowest BCUT2D eigenvalue weighted by Crippen LogP contribution is -2.35. The van der Waals surface area contributed by atoms with E-state index in [1.165, 1.54) is 19.1 Å². The molecule has 1 aliphatic rings. The van der Waals surface area contributed by atoms with Crippen molar-refractivity contribution in [2.75, 3.05) is 0 Å². The summed E-state index contributed by atoms with van der Waals surface area (Å²) in [5, 5.41) is 0. The number of halogens is 2. The summed E-state index contributed by atoms with van der Waals surface area (Å²) in [7, 11) is 0. The zero-order valence-electron chi connectivity index (χ0n) is 16.9. The van der Waals surface area contributed by atoms with E-state index in [2.05, 4.69) is 15.9 Å². The average Bonchev–Trinajstić information content (AvgIpc) is 3.06. The number of hydrogen-bond donors (Lipinski definition) is 0. The molecule has 154 valence electrons. The van der Waals surface area contributed by atoms with Crippen LogP contribution in [0.15, 0.2) is 59.1 Å². The molecule has 1 heterocycles. The second kappa shape index (κ2) is 7.51. The molecule has 2 aromatic carbocycles. The molecule has 1 unspecified atom stereocenters. The van der Waals surface area contributed by atoms with E-state index in [0.717, 1.165) is 21.4 Å². The summed E-state index contributed by atoms with van der Waals surface area (Å²) < 4.78 is 22.2. The van der Waals surface area contributed by atoms with E-state index in [1.54, 1.807) is 12.1 Å². The molecule has 0 amide bonds. The average molecular weight is 470 g/mol. The molecule has 0 spiro atoms. The first-order valence-corrected chi connectivity index (χ1v) is 10.4. The molecule has 0 saturated heterocycles. The molecule has 0 radical (unpaired) electrons. The first kappa shape index (κ1) is 20.5. The van der Waals surface area contributed by atoms with Gasteiger partial charge in [0.25, 0.3) is 0 Å². The van der Waals surface area contributed by atoms with E-state index >= 15 is 0 Å². The van der Waals surface area contributed by atoms with E-state index in [9.17, 15) is 14.0 Å². The number of rotatable bonds is 3. The number of benzene rings is 2. The number of aromatic nitrogens is 1. The number of carbonyl (C=O) groups excluding carboxylic acids is 2. The van der Waals surface area contributed by atoms with Crippen molar-refractivity contribution < 1.29 is 18.7 Å². The minimum absolute atomic E-state index is 0.00220. The number of esters is 1. The molecule has 0 fully saturated rings. The molecule has 4 rings (SSSR count). The van der Waals surface area contributed by atoms with Crippen molar-refractivity contribution >= 4 is 27.7 Å². The largest absolute Gasteiger partial charge is 0.455 e. The van der Waals surface area contributed by atoms with E-state index in [0.29, 0.717) is 11.3 Å². The van der Waals surface area contributed by atoms with Crippen LogP contribution in [0.3, 0.4) is 0 Å². The first-order valence-electron chi connectivity index (χ1n) is 9.65. The lowest BCUT2D eigenvalue weighted by molar-refractivity contribution is -0.154. The van der Waals surface area contributed by atoms with Gasteiger partial charge in [-0.05, 0) is 60.2 Å². The number of Topliss-reactive ketones (excluding diaryl/α,β-unsaturated/α-hetero) is 1. The highest BCUT2D eigenvalue weighted by atomic mass is 79.9. The van der Waals surface area contributed by atoms with Gasteiger partial charge in [-0.2, -0.15) is 0 Å². The van der Waals surface area contributed by atoms with Gasteiger partial charge in [-0.1, -0.05) is 29.8 Å². The smallest absolute Gasteiger partial charge is 0.303 e. The minimum atomic E-state index is -0.597. The molecular formula is C24H21BrFNO3. The van der Waals surface area contributed by atoms with E-state index in [4.69, 9.17) is 4.74 Å². The Morgan fingerprint density at radius 1 is 1.13 bits per heavy atom. The van der Waals surface area contributed by atoms with Crippen LogP contribution >= 0.6 is 15.9 Å². The molecule has 4 nitrogen and oxygen atoms in total. The van der Waals surface area contributed by atoms with Crippen molar-refractivity contribution in [3.05, 3.63) is 76.1 Å². The van der Waals surface area contributed by atoms with Crippen molar-refractivity contribution in [2.45, 2.75) is 33.3 Å². The van der Waals surface area contributed by atoms with Gasteiger partial charge in [0.2, 0.25) is 0 Å². The molecule has 0 N–H and O–H groups in total. The van der Waals surface area contributed by atoms with Crippen LogP contribution in [0.2, 0.25) is 0 Å². The van der Waals surface area contributed by atoms with Gasteiger partial charge in [0, 0.05) is 34.5 Å². The third kappa shape index (κ3) is 3.60. The predicted molar refractivity (Wildman–Crippen MR) is 116 cm³/mol. The fraction of sp³-hybridized carbons (Fsp3) is 0.250. The summed E-state index contributed by atoms with van der Waals surface area (Å²) in [5.74, 6) is -0.738. The maximum absolute atomic E-state index is 13.5. The van der Waals surface area contributed by atoms with Gasteiger partial charge < -0.3 is 9.30 Å². The maximum atomic E-state index is 13.5. The summed E-state index contributed by atoms with van der Waals surface area (Å²) >= 11 is 3.45. The number of ketones is 1. The molecule has 6 heteroatoms. The number of ether oxygens (including phenoxy) is 1. The summed E-state index contributed by atoms with van der Waals surface area (Å²) in [6, 6.07) is 15.6. The fourth-order valence-electron chi connectivity index (χ4n) is 4.06. The van der Waals surface area contributed by atoms with Gasteiger partial charge in [0.1, 0.15) is 11.9 Å². The Kier molecular flexibility index (Phi) is 5.14. The standard InChI is InChI=1S/C24H21BrFNO3/c1-14(28)30-23-22-19(21(29)13-24(23,2)3)12-20(15-4-8-17(26)9-5-15)27(22)18-10-6-16(25)7-11-18/h4-12,23H,13H2,1-3H3. The number of hydrogen-bond acceptors (Lipinski definition) is 3. The highest BCUT2D eigenvalue weighted by Crippen LogP contribution is 2.49. The van der Waals surface area contributed by atoms with Crippen LogP contribution in [0.4, 0.5) is 4.39 Å². The Morgan fingerprint density at radius 3 is 2.37 bits per heavy atom. The SMILES string of the molecule is CC(=O)OC1c2c(cc(-c3ccc(F)cc3)n2-c2ccc(Br)cc2)C(=O)CC1(C)C. The molecule has 30 heavy (non-hydrogen) atoms. The Labute approximate surface area is 182 Å². The third-order valence-electron chi connectivity index (χ3n) is 5.42. The molecule has 0 bridgehead atoms. The molecular weight excluding hydrogens is 449 g/mol. The lowest BCUT2D eigenvalue weighted by Gasteiger charge is -2.38. The monoisotopic (exact) mass is 469 g/mol. The van der Waals surface area contributed by atoms with Crippen LogP contribution in [0, 0.1) is 11.2 Å². The normalized spacial score (nSPS) is 17.5. The minimum Gasteiger partial charge on any atom is -0.455 e. The zero-order chi connectivity index (χ0) is 21.6. The van der Waals surface area contributed by atoms with Crippen LogP contribution in [0.5, 0.6) is 0 Å². The number of carbonyl (C=O) groups is 2. The van der Waals surface area contributed by atoms with Gasteiger partial charge in [0.05, 0.1) is 11.4 Å². The summed E-state index contributed by atoms with van der Waals surface area (Å²) in [5.41, 5.74) is 2.94. The Morgan fingerprint density at radius 2 is 1.77 bits per heavy atom. The second-order valence-corrected chi connectivity index (χ2v) is 9.14. The Hall–Kier alpha value is -2.73. The van der Waals surface area contributed by atoms with Gasteiger partial charge in [0.15, 0.2) is 5.78 Å². The zero-order valence-corrected chi connectivity index (χ0v) is 18.5.